The average molecular weight is 332 g/mol. The van der Waals surface area contributed by atoms with E-state index in [-0.39, 0.29) is 11.8 Å². The highest BCUT2D eigenvalue weighted by Gasteiger charge is 2.28. The number of carbonyl (C=O) groups is 1. The third-order valence-electron chi connectivity index (χ3n) is 3.76. The quantitative estimate of drug-likeness (QED) is 0.363. The van der Waals surface area contributed by atoms with E-state index in [2.05, 4.69) is 45.2 Å². The number of guanidine groups is 1. The molecular weight excluding hydrogens is 304 g/mol. The third kappa shape index (κ3) is 6.58. The summed E-state index contributed by atoms with van der Waals surface area (Å²) < 4.78 is 5.11. The van der Waals surface area contributed by atoms with E-state index in [0.717, 1.165) is 36.5 Å². The molecular formula is C18H28N4O2. The van der Waals surface area contributed by atoms with Gasteiger partial charge >= 0.3 is 0 Å². The van der Waals surface area contributed by atoms with Gasteiger partial charge in [0.2, 0.25) is 5.91 Å². The molecule has 0 heterocycles. The number of hydrogen-bond donors (Lipinski definition) is 3. The first kappa shape index (κ1) is 18.3. The van der Waals surface area contributed by atoms with Gasteiger partial charge in [0, 0.05) is 32.7 Å². The van der Waals surface area contributed by atoms with Gasteiger partial charge in [-0.1, -0.05) is 24.3 Å². The fourth-order valence-corrected chi connectivity index (χ4v) is 2.28. The lowest BCUT2D eigenvalue weighted by molar-refractivity contribution is -0.122. The summed E-state index contributed by atoms with van der Waals surface area (Å²) in [5.41, 5.74) is 2.30. The van der Waals surface area contributed by atoms with E-state index in [1.807, 2.05) is 6.92 Å². The number of amides is 1. The molecule has 6 heteroatoms. The lowest BCUT2D eigenvalue weighted by Gasteiger charge is -2.12. The van der Waals surface area contributed by atoms with Crippen molar-refractivity contribution in [1.29, 1.82) is 0 Å². The molecule has 0 aliphatic heterocycles. The second kappa shape index (κ2) is 9.93. The Morgan fingerprint density at radius 1 is 1.12 bits per heavy atom. The topological polar surface area (TPSA) is 74.8 Å². The van der Waals surface area contributed by atoms with Crippen molar-refractivity contribution >= 4 is 11.9 Å². The van der Waals surface area contributed by atoms with Crippen LogP contribution in [0.4, 0.5) is 0 Å². The predicted octanol–water partition coefficient (Wildman–Crippen LogP) is 1.41. The van der Waals surface area contributed by atoms with E-state index in [9.17, 15) is 4.79 Å². The van der Waals surface area contributed by atoms with Gasteiger partial charge in [-0.05, 0) is 30.9 Å². The molecule has 1 saturated carbocycles. The number of methoxy groups -OCH3 is 1. The molecule has 132 valence electrons. The van der Waals surface area contributed by atoms with Gasteiger partial charge in [-0.2, -0.15) is 0 Å². The van der Waals surface area contributed by atoms with Crippen molar-refractivity contribution < 1.29 is 9.53 Å². The Balaban J connectivity index is 1.75. The largest absolute Gasteiger partial charge is 0.380 e. The maximum Gasteiger partial charge on any atom is 0.223 e. The smallest absolute Gasteiger partial charge is 0.223 e. The van der Waals surface area contributed by atoms with E-state index in [1.54, 1.807) is 7.11 Å². The SMILES string of the molecule is CCNC(=NCc1ccc(COC)cc1)NCCNC(=O)C1CC1. The van der Waals surface area contributed by atoms with Crippen LogP contribution >= 0.6 is 0 Å². The van der Waals surface area contributed by atoms with Crippen LogP contribution in [0.1, 0.15) is 30.9 Å². The number of nitrogens with zero attached hydrogens (tertiary/aromatic N) is 1. The van der Waals surface area contributed by atoms with Crippen LogP contribution in [0.2, 0.25) is 0 Å². The van der Waals surface area contributed by atoms with Gasteiger partial charge in [0.15, 0.2) is 5.96 Å². The fourth-order valence-electron chi connectivity index (χ4n) is 2.28. The zero-order valence-electron chi connectivity index (χ0n) is 14.6. The van der Waals surface area contributed by atoms with Gasteiger partial charge in [0.25, 0.3) is 0 Å². The van der Waals surface area contributed by atoms with Gasteiger partial charge in [0.05, 0.1) is 13.2 Å². The Morgan fingerprint density at radius 2 is 1.79 bits per heavy atom. The molecule has 6 nitrogen and oxygen atoms in total. The summed E-state index contributed by atoms with van der Waals surface area (Å²) in [6.07, 6.45) is 2.07. The van der Waals surface area contributed by atoms with E-state index in [1.165, 1.54) is 0 Å². The Labute approximate surface area is 144 Å². The Morgan fingerprint density at radius 3 is 2.42 bits per heavy atom. The molecule has 0 atom stereocenters. The van der Waals surface area contributed by atoms with Crippen molar-refractivity contribution in [2.24, 2.45) is 10.9 Å². The minimum Gasteiger partial charge on any atom is -0.380 e. The summed E-state index contributed by atoms with van der Waals surface area (Å²) >= 11 is 0. The average Bonchev–Trinajstić information content (AvgIpc) is 3.43. The van der Waals surface area contributed by atoms with Crippen molar-refractivity contribution in [2.75, 3.05) is 26.7 Å². The highest BCUT2D eigenvalue weighted by atomic mass is 16.5. The maximum absolute atomic E-state index is 11.6. The van der Waals surface area contributed by atoms with E-state index >= 15 is 0 Å². The molecule has 0 spiro atoms. The summed E-state index contributed by atoms with van der Waals surface area (Å²) in [7, 11) is 1.69. The van der Waals surface area contributed by atoms with Crippen molar-refractivity contribution in [1.82, 2.24) is 16.0 Å². The van der Waals surface area contributed by atoms with Crippen LogP contribution in [-0.2, 0) is 22.7 Å². The van der Waals surface area contributed by atoms with Gasteiger partial charge in [-0.25, -0.2) is 4.99 Å². The monoisotopic (exact) mass is 332 g/mol. The van der Waals surface area contributed by atoms with Crippen LogP contribution in [0.15, 0.2) is 29.3 Å². The highest BCUT2D eigenvalue weighted by Crippen LogP contribution is 2.28. The maximum atomic E-state index is 11.6. The Kier molecular flexibility index (Phi) is 7.55. The van der Waals surface area contributed by atoms with E-state index < -0.39 is 0 Å². The lowest BCUT2D eigenvalue weighted by Crippen LogP contribution is -2.41. The molecule has 1 amide bonds. The zero-order valence-corrected chi connectivity index (χ0v) is 14.6. The number of hydrogen-bond acceptors (Lipinski definition) is 3. The van der Waals surface area contributed by atoms with Crippen LogP contribution < -0.4 is 16.0 Å². The highest BCUT2D eigenvalue weighted by molar-refractivity contribution is 5.81. The first-order valence-corrected chi connectivity index (χ1v) is 8.59. The number of ether oxygens (including phenoxy) is 1. The Hall–Kier alpha value is -2.08. The first-order valence-electron chi connectivity index (χ1n) is 8.59. The van der Waals surface area contributed by atoms with Crippen LogP contribution in [0, 0.1) is 5.92 Å². The van der Waals surface area contributed by atoms with Crippen LogP contribution in [0.25, 0.3) is 0 Å². The summed E-state index contributed by atoms with van der Waals surface area (Å²) in [6.45, 7) is 5.35. The van der Waals surface area contributed by atoms with E-state index in [0.29, 0.717) is 26.2 Å². The number of benzene rings is 1. The predicted molar refractivity (Wildman–Crippen MR) is 95.7 cm³/mol. The number of nitrogens with one attached hydrogen (secondary N) is 3. The third-order valence-corrected chi connectivity index (χ3v) is 3.76. The molecule has 1 aromatic rings. The molecule has 1 aromatic carbocycles. The molecule has 24 heavy (non-hydrogen) atoms. The zero-order chi connectivity index (χ0) is 17.2. The van der Waals surface area contributed by atoms with Crippen LogP contribution in [-0.4, -0.2) is 38.6 Å². The number of aliphatic imine (C=N–C) groups is 1. The molecule has 0 saturated heterocycles. The fraction of sp³-hybridized carbons (Fsp3) is 0.556. The normalized spacial score (nSPS) is 14.3. The van der Waals surface area contributed by atoms with Crippen LogP contribution in [0.3, 0.4) is 0 Å². The van der Waals surface area contributed by atoms with Gasteiger partial charge < -0.3 is 20.7 Å². The van der Waals surface area contributed by atoms with Crippen molar-refractivity contribution in [2.45, 2.75) is 32.9 Å². The van der Waals surface area contributed by atoms with Gasteiger partial charge in [0.1, 0.15) is 0 Å². The second-order valence-corrected chi connectivity index (χ2v) is 5.94. The Bertz CT molecular complexity index is 538. The second-order valence-electron chi connectivity index (χ2n) is 5.94. The summed E-state index contributed by atoms with van der Waals surface area (Å²) in [4.78, 5) is 16.1. The molecule has 0 bridgehead atoms. The molecule has 0 aromatic heterocycles. The molecule has 1 fully saturated rings. The molecule has 1 aliphatic carbocycles. The number of rotatable bonds is 9. The standard InChI is InChI=1S/C18H28N4O2/c1-3-19-18(21-11-10-20-17(23)16-8-9-16)22-12-14-4-6-15(7-5-14)13-24-2/h4-7,16H,3,8-13H2,1-2H3,(H,20,23)(H2,19,21,22). The first-order chi connectivity index (χ1) is 11.7. The van der Waals surface area contributed by atoms with Crippen molar-refractivity contribution in [3.8, 4) is 0 Å². The van der Waals surface area contributed by atoms with Crippen LogP contribution in [0.5, 0.6) is 0 Å². The molecule has 3 N–H and O–H groups in total. The van der Waals surface area contributed by atoms with E-state index in [4.69, 9.17) is 4.74 Å². The summed E-state index contributed by atoms with van der Waals surface area (Å²) in [5.74, 6) is 1.20. The summed E-state index contributed by atoms with van der Waals surface area (Å²) in [5, 5.41) is 9.39. The molecule has 0 radical (unpaired) electrons. The van der Waals surface area contributed by atoms with Gasteiger partial charge in [-0.3, -0.25) is 4.79 Å². The summed E-state index contributed by atoms with van der Waals surface area (Å²) in [6, 6.07) is 8.25. The minimum absolute atomic E-state index is 0.176. The minimum atomic E-state index is 0.176. The van der Waals surface area contributed by atoms with Crippen molar-refractivity contribution in [3.63, 3.8) is 0 Å². The molecule has 0 unspecified atom stereocenters. The lowest BCUT2D eigenvalue weighted by atomic mass is 10.1. The van der Waals surface area contributed by atoms with Crippen molar-refractivity contribution in [3.05, 3.63) is 35.4 Å². The number of carbonyl (C=O) groups excluding carboxylic acids is 1. The molecule has 1 aliphatic rings. The molecule has 2 rings (SSSR count). The van der Waals surface area contributed by atoms with Gasteiger partial charge in [-0.15, -0.1) is 0 Å².